The summed E-state index contributed by atoms with van der Waals surface area (Å²) in [6.45, 7) is 17.8. The molecule has 502 valence electrons. The van der Waals surface area contributed by atoms with Crippen molar-refractivity contribution in [3.63, 3.8) is 0 Å². The first-order valence-corrected chi connectivity index (χ1v) is 31.3. The molecule has 4 aliphatic heterocycles. The standard InChI is InChI=1S/C63H106O24/c1-17-22-34(5)58(69)81-42(25-21-20-24-33(4)44(19-3)71-11)31-43(82-59(70)35(6)23-18-2)30-40-26-28-41(29-27-40)83-61-56(75-15)53(49(72-12)37(8)78-61)86-62-55(74-14)51(46(66)36(7)77-62)85-63-57(76-16)54(50(38(9)79-63)80-39(10)65)87-60-52(73-13)48(68)47(67)45(32-64)84-60/h26-29,33-38,42-57,60-64,66-68H,17-25,30-32H2,1-16H3. The Morgan fingerprint density at radius 1 is 0.540 bits per heavy atom. The Balaban J connectivity index is 1.36. The fourth-order valence-corrected chi connectivity index (χ4v) is 12.3. The second kappa shape index (κ2) is 36.7. The van der Waals surface area contributed by atoms with Crippen LogP contribution in [0.1, 0.15) is 139 Å². The molecule has 0 radical (unpaired) electrons. The third-order valence-electron chi connectivity index (χ3n) is 17.3. The number of ether oxygens (including phenoxy) is 17. The molecular formula is C63H106O24. The molecule has 24 heteroatoms. The van der Waals surface area contributed by atoms with Gasteiger partial charge in [0.2, 0.25) is 6.29 Å². The van der Waals surface area contributed by atoms with Crippen molar-refractivity contribution in [2.75, 3.05) is 49.3 Å². The Bertz CT molecular complexity index is 2140. The number of aliphatic hydroxyl groups is 4. The van der Waals surface area contributed by atoms with Crippen LogP contribution in [0.5, 0.6) is 5.75 Å². The molecule has 0 saturated carbocycles. The van der Waals surface area contributed by atoms with Gasteiger partial charge in [-0.2, -0.15) is 0 Å². The van der Waals surface area contributed by atoms with E-state index in [0.29, 0.717) is 43.8 Å². The van der Waals surface area contributed by atoms with E-state index >= 15 is 0 Å². The molecule has 1 aromatic carbocycles. The van der Waals surface area contributed by atoms with Crippen LogP contribution in [0, 0.1) is 17.8 Å². The van der Waals surface area contributed by atoms with E-state index in [2.05, 4.69) is 13.8 Å². The quantitative estimate of drug-likeness (QED) is 0.0370. The van der Waals surface area contributed by atoms with Crippen LogP contribution in [0.4, 0.5) is 0 Å². The van der Waals surface area contributed by atoms with Crippen molar-refractivity contribution in [1.29, 1.82) is 0 Å². The maximum atomic E-state index is 13.6. The number of benzene rings is 1. The first-order valence-electron chi connectivity index (χ1n) is 31.3. The van der Waals surface area contributed by atoms with E-state index in [1.165, 1.54) is 42.5 Å². The number of esters is 3. The van der Waals surface area contributed by atoms with Crippen molar-refractivity contribution in [2.45, 2.75) is 281 Å². The highest BCUT2D eigenvalue weighted by atomic mass is 16.8. The highest BCUT2D eigenvalue weighted by Crippen LogP contribution is 2.38. The van der Waals surface area contributed by atoms with Gasteiger partial charge in [-0.25, -0.2) is 0 Å². The van der Waals surface area contributed by atoms with Crippen LogP contribution in [0.15, 0.2) is 24.3 Å². The molecule has 0 amide bonds. The lowest BCUT2D eigenvalue weighted by atomic mass is 9.94. The van der Waals surface area contributed by atoms with Gasteiger partial charge in [0, 0.05) is 62.4 Å². The number of unbranched alkanes of at least 4 members (excludes halogenated alkanes) is 1. The van der Waals surface area contributed by atoms with Crippen molar-refractivity contribution < 1.29 is 115 Å². The Labute approximate surface area is 515 Å². The van der Waals surface area contributed by atoms with Crippen molar-refractivity contribution >= 4 is 17.9 Å². The van der Waals surface area contributed by atoms with Gasteiger partial charge in [0.15, 0.2) is 25.0 Å². The van der Waals surface area contributed by atoms with E-state index in [4.69, 9.17) is 80.5 Å². The van der Waals surface area contributed by atoms with Crippen molar-refractivity contribution in [2.24, 2.45) is 17.8 Å². The zero-order valence-electron chi connectivity index (χ0n) is 54.3. The maximum absolute atomic E-state index is 13.6. The Morgan fingerprint density at radius 2 is 1.02 bits per heavy atom. The molecule has 4 aliphatic rings. The van der Waals surface area contributed by atoms with E-state index in [-0.39, 0.29) is 29.9 Å². The van der Waals surface area contributed by atoms with Crippen LogP contribution in [-0.2, 0) is 96.6 Å². The van der Waals surface area contributed by atoms with E-state index in [1.807, 2.05) is 39.8 Å². The minimum atomic E-state index is -1.55. The van der Waals surface area contributed by atoms with Crippen molar-refractivity contribution in [3.05, 3.63) is 29.8 Å². The Morgan fingerprint density at radius 3 is 1.55 bits per heavy atom. The molecule has 26 unspecified atom stereocenters. The minimum absolute atomic E-state index is 0.176. The average Bonchev–Trinajstić information content (AvgIpc) is 0.929. The zero-order valence-corrected chi connectivity index (χ0v) is 54.3. The second-order valence-corrected chi connectivity index (χ2v) is 23.8. The summed E-state index contributed by atoms with van der Waals surface area (Å²) in [6.07, 6.45) is -16.2. The number of carbonyl (C=O) groups excluding carboxylic acids is 3. The van der Waals surface area contributed by atoms with Gasteiger partial charge in [0.25, 0.3) is 0 Å². The summed E-state index contributed by atoms with van der Waals surface area (Å²) in [5.41, 5.74) is 0.855. The van der Waals surface area contributed by atoms with Crippen LogP contribution in [-0.4, -0.2) is 229 Å². The van der Waals surface area contributed by atoms with Gasteiger partial charge in [0.1, 0.15) is 91.2 Å². The second-order valence-electron chi connectivity index (χ2n) is 23.8. The normalized spacial score (nSPS) is 35.1. The molecule has 5 rings (SSSR count). The topological polar surface area (TPSA) is 289 Å². The monoisotopic (exact) mass is 1250 g/mol. The summed E-state index contributed by atoms with van der Waals surface area (Å²) in [5, 5.41) is 43.4. The summed E-state index contributed by atoms with van der Waals surface area (Å²) >= 11 is 0. The molecule has 4 heterocycles. The number of rotatable bonds is 35. The minimum Gasteiger partial charge on any atom is -0.462 e. The molecule has 4 fully saturated rings. The fraction of sp³-hybridized carbons (Fsp3) is 0.857. The van der Waals surface area contributed by atoms with Crippen molar-refractivity contribution in [1.82, 2.24) is 0 Å². The van der Waals surface area contributed by atoms with Crippen LogP contribution < -0.4 is 4.74 Å². The molecule has 24 nitrogen and oxygen atoms in total. The van der Waals surface area contributed by atoms with Gasteiger partial charge in [-0.15, -0.1) is 0 Å². The number of aliphatic hydroxyl groups excluding tert-OH is 4. The highest BCUT2D eigenvalue weighted by molar-refractivity contribution is 5.72. The van der Waals surface area contributed by atoms with Crippen LogP contribution in [0.2, 0.25) is 0 Å². The first-order chi connectivity index (χ1) is 41.6. The van der Waals surface area contributed by atoms with E-state index < -0.39 is 148 Å². The van der Waals surface area contributed by atoms with Crippen LogP contribution >= 0.6 is 0 Å². The third-order valence-corrected chi connectivity index (χ3v) is 17.3. The molecule has 0 bridgehead atoms. The lowest BCUT2D eigenvalue weighted by molar-refractivity contribution is -0.388. The molecule has 4 N–H and O–H groups in total. The predicted molar refractivity (Wildman–Crippen MR) is 313 cm³/mol. The SMILES string of the molecule is CCCC(C)C(=O)OC(CCCCC(C)C(CC)OC)CC(Cc1ccc(OC2OC(C)C(OC)C(OC3OC(C)C(O)C(OC4OC(C)C(OC(C)=O)C(OC5OC(CO)C(O)C(O)C5OC)C4OC)C3OC)C2OC)cc1)OC(=O)C(C)CCC. The highest BCUT2D eigenvalue weighted by Gasteiger charge is 2.57. The number of hydrogen-bond donors (Lipinski definition) is 4. The summed E-state index contributed by atoms with van der Waals surface area (Å²) < 4.78 is 105. The molecule has 0 aromatic heterocycles. The van der Waals surface area contributed by atoms with E-state index in [1.54, 1.807) is 40.0 Å². The summed E-state index contributed by atoms with van der Waals surface area (Å²) in [5.74, 6) is -0.993. The fourth-order valence-electron chi connectivity index (χ4n) is 12.3. The van der Waals surface area contributed by atoms with Gasteiger partial charge in [-0.3, -0.25) is 14.4 Å². The molecule has 1 aromatic rings. The largest absolute Gasteiger partial charge is 0.462 e. The van der Waals surface area contributed by atoms with Crippen molar-refractivity contribution in [3.8, 4) is 5.75 Å². The number of hydrogen-bond acceptors (Lipinski definition) is 24. The lowest BCUT2D eigenvalue weighted by Crippen LogP contribution is -2.67. The summed E-state index contributed by atoms with van der Waals surface area (Å²) in [4.78, 5) is 39.6. The molecule has 26 atom stereocenters. The maximum Gasteiger partial charge on any atom is 0.308 e. The molecule has 0 spiro atoms. The van der Waals surface area contributed by atoms with Gasteiger partial charge >= 0.3 is 17.9 Å². The van der Waals surface area contributed by atoms with E-state index in [0.717, 1.165) is 44.1 Å². The molecule has 87 heavy (non-hydrogen) atoms. The number of methoxy groups -OCH3 is 6. The van der Waals surface area contributed by atoms with Gasteiger partial charge in [0.05, 0.1) is 42.9 Å². The van der Waals surface area contributed by atoms with Gasteiger partial charge < -0.3 is 101 Å². The predicted octanol–water partition coefficient (Wildman–Crippen LogP) is 5.51. The Kier molecular flexibility index (Phi) is 31.4. The zero-order chi connectivity index (χ0) is 64.2. The Hall–Kier alpha value is -3.25. The number of carbonyl (C=O) groups is 3. The van der Waals surface area contributed by atoms with Crippen LogP contribution in [0.25, 0.3) is 0 Å². The third kappa shape index (κ3) is 20.1. The smallest absolute Gasteiger partial charge is 0.308 e. The average molecular weight is 1250 g/mol. The lowest BCUT2D eigenvalue weighted by Gasteiger charge is -2.50. The van der Waals surface area contributed by atoms with Crippen LogP contribution in [0.3, 0.4) is 0 Å². The first kappa shape index (κ1) is 74.5. The summed E-state index contributed by atoms with van der Waals surface area (Å²) in [7, 11) is 8.76. The van der Waals surface area contributed by atoms with Gasteiger partial charge in [-0.05, 0) is 82.9 Å². The van der Waals surface area contributed by atoms with E-state index in [9.17, 15) is 34.8 Å². The molecule has 4 saturated heterocycles. The summed E-state index contributed by atoms with van der Waals surface area (Å²) in [6, 6.07) is 7.37. The molecule has 0 aliphatic carbocycles. The molecular weight excluding hydrogens is 1140 g/mol. The van der Waals surface area contributed by atoms with Gasteiger partial charge in [-0.1, -0.05) is 72.9 Å².